The van der Waals surface area contributed by atoms with Crippen LogP contribution in [0.4, 0.5) is 0 Å². The van der Waals surface area contributed by atoms with E-state index in [-0.39, 0.29) is 0 Å². The van der Waals surface area contributed by atoms with Crippen LogP contribution < -0.4 is 5.32 Å². The van der Waals surface area contributed by atoms with Crippen molar-refractivity contribution in [3.8, 4) is 0 Å². The van der Waals surface area contributed by atoms with Gasteiger partial charge in [-0.25, -0.2) is 0 Å². The molecule has 136 valence electrons. The monoisotopic (exact) mass is 337 g/mol. The summed E-state index contributed by atoms with van der Waals surface area (Å²) >= 11 is 0. The molecular formula is C24H35N. The van der Waals surface area contributed by atoms with Crippen molar-refractivity contribution < 1.29 is 0 Å². The first kappa shape index (κ1) is 21.2. The van der Waals surface area contributed by atoms with Crippen molar-refractivity contribution in [3.05, 3.63) is 77.4 Å². The van der Waals surface area contributed by atoms with E-state index in [0.717, 1.165) is 32.2 Å². The molecule has 1 aliphatic rings. The smallest absolute Gasteiger partial charge is 0.00143 e. The van der Waals surface area contributed by atoms with Crippen molar-refractivity contribution in [2.75, 3.05) is 13.6 Å². The Kier molecular flexibility index (Phi) is 9.87. The van der Waals surface area contributed by atoms with Crippen LogP contribution in [0.25, 0.3) is 5.57 Å². The molecule has 0 atom stereocenters. The van der Waals surface area contributed by atoms with Gasteiger partial charge in [0.15, 0.2) is 0 Å². The van der Waals surface area contributed by atoms with E-state index < -0.39 is 0 Å². The zero-order valence-electron chi connectivity index (χ0n) is 16.6. The lowest BCUT2D eigenvalue weighted by molar-refractivity contribution is 0.767. The van der Waals surface area contributed by atoms with E-state index in [4.69, 9.17) is 0 Å². The van der Waals surface area contributed by atoms with Crippen LogP contribution >= 0.6 is 0 Å². The predicted octanol–water partition coefficient (Wildman–Crippen LogP) is 6.49. The number of nitrogens with one attached hydrogen (secondary N) is 1. The largest absolute Gasteiger partial charge is 0.319 e. The third kappa shape index (κ3) is 5.31. The lowest BCUT2D eigenvalue weighted by atomic mass is 9.81. The molecular weight excluding hydrogens is 302 g/mol. The first-order chi connectivity index (χ1) is 12.3. The van der Waals surface area contributed by atoms with E-state index in [2.05, 4.69) is 49.7 Å². The van der Waals surface area contributed by atoms with E-state index in [1.165, 1.54) is 39.8 Å². The lowest BCUT2D eigenvalue weighted by Crippen LogP contribution is -2.11. The Balaban J connectivity index is 0.00000151. The SMILES string of the molecule is C=C/C1=C(C=C)/C(=C(/CC)CCNC)c2ccccc2CCC1.CC. The molecule has 1 heteroatoms. The average Bonchev–Trinajstić information content (AvgIpc) is 2.66. The maximum Gasteiger partial charge on any atom is -0.00143 e. The number of hydrogen-bond acceptors (Lipinski definition) is 1. The van der Waals surface area contributed by atoms with Gasteiger partial charge < -0.3 is 5.32 Å². The molecule has 1 nitrogen and oxygen atoms in total. The Morgan fingerprint density at radius 2 is 1.84 bits per heavy atom. The van der Waals surface area contributed by atoms with Crippen molar-refractivity contribution in [1.29, 1.82) is 0 Å². The van der Waals surface area contributed by atoms with Crippen LogP contribution in [0.3, 0.4) is 0 Å². The van der Waals surface area contributed by atoms with Crippen LogP contribution in [0.15, 0.2) is 66.3 Å². The highest BCUT2D eigenvalue weighted by Gasteiger charge is 2.19. The van der Waals surface area contributed by atoms with Gasteiger partial charge in [-0.2, -0.15) is 0 Å². The first-order valence-corrected chi connectivity index (χ1v) is 9.70. The summed E-state index contributed by atoms with van der Waals surface area (Å²) < 4.78 is 0. The molecule has 0 radical (unpaired) electrons. The van der Waals surface area contributed by atoms with Crippen LogP contribution in [0, 0.1) is 0 Å². The van der Waals surface area contributed by atoms with Gasteiger partial charge in [-0.1, -0.05) is 75.9 Å². The van der Waals surface area contributed by atoms with E-state index in [1.807, 2.05) is 33.0 Å². The van der Waals surface area contributed by atoms with E-state index in [1.54, 1.807) is 0 Å². The highest BCUT2D eigenvalue weighted by atomic mass is 14.8. The molecule has 0 bridgehead atoms. The van der Waals surface area contributed by atoms with Gasteiger partial charge in [0.1, 0.15) is 0 Å². The summed E-state index contributed by atoms with van der Waals surface area (Å²) in [5.74, 6) is 0. The molecule has 1 N–H and O–H groups in total. The summed E-state index contributed by atoms with van der Waals surface area (Å²) in [6, 6.07) is 8.86. The van der Waals surface area contributed by atoms with Gasteiger partial charge in [0.05, 0.1) is 0 Å². The number of hydrogen-bond donors (Lipinski definition) is 1. The summed E-state index contributed by atoms with van der Waals surface area (Å²) in [5, 5.41) is 3.29. The average molecular weight is 338 g/mol. The van der Waals surface area contributed by atoms with Crippen LogP contribution in [-0.4, -0.2) is 13.6 Å². The minimum absolute atomic E-state index is 1.00. The number of fused-ring (bicyclic) bond motifs is 1. The maximum absolute atomic E-state index is 4.12. The fourth-order valence-corrected chi connectivity index (χ4v) is 3.47. The molecule has 0 unspecified atom stereocenters. The maximum atomic E-state index is 4.12. The zero-order chi connectivity index (χ0) is 18.7. The summed E-state index contributed by atoms with van der Waals surface area (Å²) in [4.78, 5) is 0. The molecule has 0 saturated carbocycles. The molecule has 1 aromatic rings. The number of rotatable bonds is 6. The minimum atomic E-state index is 1.00. The Labute approximate surface area is 155 Å². The van der Waals surface area contributed by atoms with Crippen LogP contribution in [0.1, 0.15) is 57.6 Å². The van der Waals surface area contributed by atoms with Crippen LogP contribution in [-0.2, 0) is 6.42 Å². The van der Waals surface area contributed by atoms with Gasteiger partial charge in [-0.05, 0) is 73.5 Å². The molecule has 1 aromatic carbocycles. The molecule has 0 saturated heterocycles. The van der Waals surface area contributed by atoms with Gasteiger partial charge in [0.2, 0.25) is 0 Å². The Bertz CT molecular complexity index is 631. The predicted molar refractivity (Wildman–Crippen MR) is 114 cm³/mol. The number of aryl methyl sites for hydroxylation is 1. The van der Waals surface area contributed by atoms with Gasteiger partial charge in [0, 0.05) is 0 Å². The summed E-state index contributed by atoms with van der Waals surface area (Å²) in [7, 11) is 2.02. The fraction of sp³-hybridized carbons (Fsp3) is 0.417. The van der Waals surface area contributed by atoms with Crippen LogP contribution in [0.5, 0.6) is 0 Å². The molecule has 0 fully saturated rings. The normalized spacial score (nSPS) is 18.9. The molecule has 0 aliphatic heterocycles. The standard InChI is InChI=1S/C22H29N.C2H6/c1-5-17-12-10-13-19-11-8-9-14-21(19)22(20(17)7-3)18(6-2)15-16-23-4;1-2/h5,7-9,11,14,23H,1,3,6,10,12-13,15-16H2,2,4H3;1-2H3/b20-17-,22-18+;. The molecule has 0 amide bonds. The Morgan fingerprint density at radius 1 is 1.12 bits per heavy atom. The lowest BCUT2D eigenvalue weighted by Gasteiger charge is -2.24. The highest BCUT2D eigenvalue weighted by Crippen LogP contribution is 2.38. The van der Waals surface area contributed by atoms with Gasteiger partial charge in [-0.15, -0.1) is 0 Å². The van der Waals surface area contributed by atoms with Crippen molar-refractivity contribution in [2.24, 2.45) is 0 Å². The summed E-state index contributed by atoms with van der Waals surface area (Å²) in [6.07, 6.45) is 9.56. The first-order valence-electron chi connectivity index (χ1n) is 9.70. The van der Waals surface area contributed by atoms with Crippen LogP contribution in [0.2, 0.25) is 0 Å². The van der Waals surface area contributed by atoms with Gasteiger partial charge in [0.25, 0.3) is 0 Å². The third-order valence-electron chi connectivity index (χ3n) is 4.70. The minimum Gasteiger partial charge on any atom is -0.319 e. The Morgan fingerprint density at radius 3 is 2.44 bits per heavy atom. The fourth-order valence-electron chi connectivity index (χ4n) is 3.47. The summed E-state index contributed by atoms with van der Waals surface area (Å²) in [5.41, 5.74) is 8.35. The zero-order valence-corrected chi connectivity index (χ0v) is 16.6. The third-order valence-corrected chi connectivity index (χ3v) is 4.70. The van der Waals surface area contributed by atoms with Gasteiger partial charge in [-0.3, -0.25) is 0 Å². The van der Waals surface area contributed by atoms with Crippen molar-refractivity contribution >= 4 is 5.57 Å². The number of allylic oxidation sites excluding steroid dienone is 5. The van der Waals surface area contributed by atoms with E-state index >= 15 is 0 Å². The molecule has 2 rings (SSSR count). The van der Waals surface area contributed by atoms with Crippen molar-refractivity contribution in [1.82, 2.24) is 5.32 Å². The quantitative estimate of drug-likeness (QED) is 0.625. The molecule has 1 aliphatic carbocycles. The molecule has 0 aromatic heterocycles. The topological polar surface area (TPSA) is 12.0 Å². The second kappa shape index (κ2) is 11.7. The Hall–Kier alpha value is -1.86. The second-order valence-electron chi connectivity index (χ2n) is 6.04. The van der Waals surface area contributed by atoms with E-state index in [0.29, 0.717) is 0 Å². The second-order valence-corrected chi connectivity index (χ2v) is 6.04. The van der Waals surface area contributed by atoms with Crippen molar-refractivity contribution in [2.45, 2.75) is 52.9 Å². The van der Waals surface area contributed by atoms with Crippen molar-refractivity contribution in [3.63, 3.8) is 0 Å². The molecule has 0 heterocycles. The molecule has 0 spiro atoms. The van der Waals surface area contributed by atoms with E-state index in [9.17, 15) is 0 Å². The van der Waals surface area contributed by atoms with Gasteiger partial charge >= 0.3 is 0 Å². The number of benzene rings is 1. The molecule has 25 heavy (non-hydrogen) atoms. The summed E-state index contributed by atoms with van der Waals surface area (Å²) in [6.45, 7) is 15.4. The highest BCUT2D eigenvalue weighted by molar-refractivity contribution is 5.87.